The van der Waals surface area contributed by atoms with Crippen molar-refractivity contribution in [1.29, 1.82) is 0 Å². The van der Waals surface area contributed by atoms with E-state index in [2.05, 4.69) is 10.3 Å². The van der Waals surface area contributed by atoms with Crippen molar-refractivity contribution in [3.8, 4) is 5.75 Å². The normalized spacial score (nSPS) is 13.8. The minimum absolute atomic E-state index is 0.00354. The minimum atomic E-state index is -0.311. The molecule has 1 aromatic carbocycles. The van der Waals surface area contributed by atoms with E-state index in [-0.39, 0.29) is 17.2 Å². The number of nitrogens with zero attached hydrogens (tertiary/aromatic N) is 1. The number of aryl methyl sites for hydroxylation is 3. The second-order valence-corrected chi connectivity index (χ2v) is 6.15. The van der Waals surface area contributed by atoms with Gasteiger partial charge < -0.3 is 5.11 Å². The SMILES string of the molecule is Cc1ccc(C(=O)Nc2nc3c(s2)CCCC3)c(O)c1. The Morgan fingerprint density at radius 1 is 1.35 bits per heavy atom. The maximum atomic E-state index is 12.2. The van der Waals surface area contributed by atoms with Gasteiger partial charge in [-0.25, -0.2) is 4.98 Å². The molecule has 0 atom stereocenters. The zero-order valence-electron chi connectivity index (χ0n) is 11.3. The third kappa shape index (κ3) is 2.54. The van der Waals surface area contributed by atoms with Gasteiger partial charge in [0.25, 0.3) is 5.91 Å². The van der Waals surface area contributed by atoms with Gasteiger partial charge in [0, 0.05) is 4.88 Å². The Kier molecular flexibility index (Phi) is 3.44. The molecule has 104 valence electrons. The van der Waals surface area contributed by atoms with Crippen molar-refractivity contribution in [3.05, 3.63) is 39.9 Å². The first-order valence-electron chi connectivity index (χ1n) is 6.73. The molecular weight excluding hydrogens is 272 g/mol. The standard InChI is InChI=1S/C15H16N2O2S/c1-9-6-7-10(12(18)8-9)14(19)17-15-16-11-4-2-3-5-13(11)20-15/h6-8,18H,2-5H2,1H3,(H,16,17,19). The van der Waals surface area contributed by atoms with Crippen LogP contribution >= 0.6 is 11.3 Å². The number of nitrogens with one attached hydrogen (secondary N) is 1. The molecule has 20 heavy (non-hydrogen) atoms. The van der Waals surface area contributed by atoms with Gasteiger partial charge in [-0.2, -0.15) is 0 Å². The lowest BCUT2D eigenvalue weighted by atomic mass is 10.0. The van der Waals surface area contributed by atoms with Gasteiger partial charge in [0.15, 0.2) is 5.13 Å². The molecule has 0 unspecified atom stereocenters. The van der Waals surface area contributed by atoms with Gasteiger partial charge in [0.05, 0.1) is 11.3 Å². The summed E-state index contributed by atoms with van der Waals surface area (Å²) in [6.45, 7) is 1.87. The molecule has 0 saturated heterocycles. The van der Waals surface area contributed by atoms with E-state index in [1.165, 1.54) is 17.7 Å². The van der Waals surface area contributed by atoms with E-state index in [4.69, 9.17) is 0 Å². The lowest BCUT2D eigenvalue weighted by Crippen LogP contribution is -2.12. The zero-order chi connectivity index (χ0) is 14.1. The molecule has 0 saturated carbocycles. The fraction of sp³-hybridized carbons (Fsp3) is 0.333. The molecule has 1 aromatic heterocycles. The summed E-state index contributed by atoms with van der Waals surface area (Å²) in [4.78, 5) is 17.9. The van der Waals surface area contributed by atoms with Crippen molar-refractivity contribution in [3.63, 3.8) is 0 Å². The highest BCUT2D eigenvalue weighted by atomic mass is 32.1. The van der Waals surface area contributed by atoms with Crippen LogP contribution in [-0.2, 0) is 12.8 Å². The largest absolute Gasteiger partial charge is 0.507 e. The number of thiazole rings is 1. The van der Waals surface area contributed by atoms with Crippen molar-refractivity contribution in [1.82, 2.24) is 4.98 Å². The van der Waals surface area contributed by atoms with Gasteiger partial charge in [0.1, 0.15) is 5.75 Å². The molecule has 0 bridgehead atoms. The number of anilines is 1. The molecule has 1 aliphatic carbocycles. The number of hydrogen-bond acceptors (Lipinski definition) is 4. The van der Waals surface area contributed by atoms with E-state index in [0.29, 0.717) is 5.13 Å². The topological polar surface area (TPSA) is 62.2 Å². The summed E-state index contributed by atoms with van der Waals surface area (Å²) in [6.07, 6.45) is 4.42. The van der Waals surface area contributed by atoms with Gasteiger partial charge in [0.2, 0.25) is 0 Å². The second kappa shape index (κ2) is 5.25. The van der Waals surface area contributed by atoms with Gasteiger partial charge in [-0.15, -0.1) is 11.3 Å². The summed E-state index contributed by atoms with van der Waals surface area (Å²) in [6, 6.07) is 5.02. The highest BCUT2D eigenvalue weighted by Crippen LogP contribution is 2.30. The summed E-state index contributed by atoms with van der Waals surface area (Å²) in [7, 11) is 0. The molecule has 0 radical (unpaired) electrons. The highest BCUT2D eigenvalue weighted by molar-refractivity contribution is 7.15. The number of phenols is 1. The van der Waals surface area contributed by atoms with Crippen LogP contribution in [0.1, 0.15) is 39.3 Å². The lowest BCUT2D eigenvalue weighted by molar-refractivity contribution is 0.102. The molecular formula is C15H16N2O2S. The van der Waals surface area contributed by atoms with E-state index >= 15 is 0 Å². The number of carbonyl (C=O) groups is 1. The van der Waals surface area contributed by atoms with Crippen LogP contribution in [0.3, 0.4) is 0 Å². The van der Waals surface area contributed by atoms with Crippen LogP contribution in [0.15, 0.2) is 18.2 Å². The quantitative estimate of drug-likeness (QED) is 0.891. The Hall–Kier alpha value is -1.88. The van der Waals surface area contributed by atoms with Crippen molar-refractivity contribution < 1.29 is 9.90 Å². The number of hydrogen-bond donors (Lipinski definition) is 2. The van der Waals surface area contributed by atoms with Crippen LogP contribution in [0.2, 0.25) is 0 Å². The Balaban J connectivity index is 1.80. The van der Waals surface area contributed by atoms with Crippen molar-refractivity contribution in [2.24, 2.45) is 0 Å². The molecule has 1 aliphatic rings. The molecule has 0 spiro atoms. The van der Waals surface area contributed by atoms with Gasteiger partial charge in [-0.3, -0.25) is 10.1 Å². The molecule has 2 aromatic rings. The Labute approximate surface area is 121 Å². The first-order chi connectivity index (χ1) is 9.63. The Morgan fingerprint density at radius 2 is 2.15 bits per heavy atom. The van der Waals surface area contributed by atoms with Crippen LogP contribution in [0.5, 0.6) is 5.75 Å². The average molecular weight is 288 g/mol. The van der Waals surface area contributed by atoms with Crippen LogP contribution in [-0.4, -0.2) is 16.0 Å². The van der Waals surface area contributed by atoms with E-state index in [1.54, 1.807) is 23.5 Å². The average Bonchev–Trinajstić information content (AvgIpc) is 2.80. The van der Waals surface area contributed by atoms with Gasteiger partial charge >= 0.3 is 0 Å². The number of phenolic OH excluding ortho intramolecular Hbond substituents is 1. The van der Waals surface area contributed by atoms with Crippen LogP contribution in [0.4, 0.5) is 5.13 Å². The van der Waals surface area contributed by atoms with E-state index in [9.17, 15) is 9.90 Å². The number of rotatable bonds is 2. The van der Waals surface area contributed by atoms with Crippen LogP contribution in [0, 0.1) is 6.92 Å². The maximum Gasteiger partial charge on any atom is 0.261 e. The number of benzene rings is 1. The fourth-order valence-electron chi connectivity index (χ4n) is 2.40. The number of amides is 1. The predicted molar refractivity (Wildman–Crippen MR) is 79.6 cm³/mol. The van der Waals surface area contributed by atoms with E-state index < -0.39 is 0 Å². The Bertz CT molecular complexity index is 640. The van der Waals surface area contributed by atoms with E-state index in [0.717, 1.165) is 24.1 Å². The Morgan fingerprint density at radius 3 is 2.90 bits per heavy atom. The van der Waals surface area contributed by atoms with Crippen molar-refractivity contribution in [2.45, 2.75) is 32.6 Å². The fourth-order valence-corrected chi connectivity index (χ4v) is 3.45. The van der Waals surface area contributed by atoms with E-state index in [1.807, 2.05) is 13.0 Å². The summed E-state index contributed by atoms with van der Waals surface area (Å²) in [5, 5.41) is 13.2. The van der Waals surface area contributed by atoms with Crippen molar-refractivity contribution in [2.75, 3.05) is 5.32 Å². The molecule has 1 amide bonds. The monoisotopic (exact) mass is 288 g/mol. The highest BCUT2D eigenvalue weighted by Gasteiger charge is 2.18. The third-order valence-electron chi connectivity index (χ3n) is 3.46. The smallest absolute Gasteiger partial charge is 0.261 e. The van der Waals surface area contributed by atoms with Gasteiger partial charge in [-0.1, -0.05) is 6.07 Å². The molecule has 0 aliphatic heterocycles. The summed E-state index contributed by atoms with van der Waals surface area (Å²) < 4.78 is 0. The summed E-state index contributed by atoms with van der Waals surface area (Å²) >= 11 is 1.54. The number of fused-ring (bicyclic) bond motifs is 1. The zero-order valence-corrected chi connectivity index (χ0v) is 12.1. The van der Waals surface area contributed by atoms with Crippen LogP contribution < -0.4 is 5.32 Å². The minimum Gasteiger partial charge on any atom is -0.507 e. The third-order valence-corrected chi connectivity index (χ3v) is 4.54. The number of aromatic nitrogens is 1. The summed E-state index contributed by atoms with van der Waals surface area (Å²) in [5.74, 6) is -0.308. The van der Waals surface area contributed by atoms with Crippen molar-refractivity contribution >= 4 is 22.4 Å². The molecule has 1 heterocycles. The molecule has 2 N–H and O–H groups in total. The predicted octanol–water partition coefficient (Wildman–Crippen LogP) is 3.29. The maximum absolute atomic E-state index is 12.2. The van der Waals surface area contributed by atoms with Gasteiger partial charge in [-0.05, 0) is 50.3 Å². The second-order valence-electron chi connectivity index (χ2n) is 5.07. The molecule has 4 nitrogen and oxygen atoms in total. The number of aromatic hydroxyl groups is 1. The molecule has 0 fully saturated rings. The first kappa shape index (κ1) is 13.1. The lowest BCUT2D eigenvalue weighted by Gasteiger charge is -2.06. The van der Waals surface area contributed by atoms with Crippen LogP contribution in [0.25, 0.3) is 0 Å². The summed E-state index contributed by atoms with van der Waals surface area (Å²) in [5.41, 5.74) is 2.32. The first-order valence-corrected chi connectivity index (χ1v) is 7.54. The molecule has 5 heteroatoms. The molecule has 3 rings (SSSR count). The number of carbonyl (C=O) groups excluding carboxylic acids is 1.